The van der Waals surface area contributed by atoms with Gasteiger partial charge in [0, 0.05) is 19.5 Å². The van der Waals surface area contributed by atoms with Crippen LogP contribution in [0.4, 0.5) is 0 Å². The topological polar surface area (TPSA) is 92.8 Å². The fourth-order valence-electron chi connectivity index (χ4n) is 3.36. The number of aryl methyl sites for hydroxylation is 2. The van der Waals surface area contributed by atoms with Crippen LogP contribution in [0.25, 0.3) is 0 Å². The molecule has 7 nitrogen and oxygen atoms in total. The number of nitrogens with one attached hydrogen (secondary N) is 1. The summed E-state index contributed by atoms with van der Waals surface area (Å²) < 4.78 is 31.7. The summed E-state index contributed by atoms with van der Waals surface area (Å²) in [6.45, 7) is 3.34. The summed E-state index contributed by atoms with van der Waals surface area (Å²) in [7, 11) is -3.51. The van der Waals surface area contributed by atoms with E-state index in [0.717, 1.165) is 18.4 Å². The molecule has 0 atom stereocenters. The molecule has 0 aliphatic carbocycles. The number of sulfonamides is 1. The molecule has 0 aromatic heterocycles. The van der Waals surface area contributed by atoms with E-state index in [2.05, 4.69) is 5.32 Å². The largest absolute Gasteiger partial charge is 0.460 e. The Kier molecular flexibility index (Phi) is 7.81. The maximum absolute atomic E-state index is 12.5. The Hall–Kier alpha value is -2.71. The molecule has 8 heteroatoms. The summed E-state index contributed by atoms with van der Waals surface area (Å²) in [6, 6.07) is 13.8. The van der Waals surface area contributed by atoms with E-state index in [1.165, 1.54) is 34.1 Å². The molecule has 0 unspecified atom stereocenters. The highest BCUT2D eigenvalue weighted by atomic mass is 32.2. The van der Waals surface area contributed by atoms with Crippen molar-refractivity contribution in [3.8, 4) is 0 Å². The maximum Gasteiger partial charge on any atom is 0.338 e. The SMILES string of the molecule is Cc1ccc(CCC(=O)NCCOC(=O)c2ccc(S(=O)(=O)N3CCCC3)cc2)cc1. The third kappa shape index (κ3) is 6.38. The van der Waals surface area contributed by atoms with Crippen molar-refractivity contribution in [2.24, 2.45) is 0 Å². The first kappa shape index (κ1) is 23.0. The first-order chi connectivity index (χ1) is 14.9. The lowest BCUT2D eigenvalue weighted by Gasteiger charge is -2.15. The van der Waals surface area contributed by atoms with E-state index in [0.29, 0.717) is 25.9 Å². The lowest BCUT2D eigenvalue weighted by atomic mass is 10.1. The van der Waals surface area contributed by atoms with Crippen molar-refractivity contribution >= 4 is 21.9 Å². The molecule has 1 heterocycles. The van der Waals surface area contributed by atoms with Crippen molar-refractivity contribution in [3.63, 3.8) is 0 Å². The summed E-state index contributed by atoms with van der Waals surface area (Å²) in [4.78, 5) is 24.2. The van der Waals surface area contributed by atoms with E-state index in [1.54, 1.807) is 0 Å². The predicted octanol–water partition coefficient (Wildman–Crippen LogP) is 2.69. The highest BCUT2D eigenvalue weighted by Gasteiger charge is 2.27. The molecule has 2 aromatic carbocycles. The van der Waals surface area contributed by atoms with Crippen LogP contribution in [0.2, 0.25) is 0 Å². The molecule has 31 heavy (non-hydrogen) atoms. The molecule has 1 N–H and O–H groups in total. The highest BCUT2D eigenvalue weighted by Crippen LogP contribution is 2.21. The molecule has 1 aliphatic rings. The summed E-state index contributed by atoms with van der Waals surface area (Å²) >= 11 is 0. The van der Waals surface area contributed by atoms with E-state index < -0.39 is 16.0 Å². The van der Waals surface area contributed by atoms with Gasteiger partial charge in [-0.2, -0.15) is 4.31 Å². The Labute approximate surface area is 183 Å². The van der Waals surface area contributed by atoms with E-state index in [9.17, 15) is 18.0 Å². The maximum atomic E-state index is 12.5. The van der Waals surface area contributed by atoms with Gasteiger partial charge in [-0.3, -0.25) is 4.79 Å². The molecule has 0 radical (unpaired) electrons. The third-order valence-corrected chi connectivity index (χ3v) is 7.12. The van der Waals surface area contributed by atoms with E-state index >= 15 is 0 Å². The molecule has 0 spiro atoms. The van der Waals surface area contributed by atoms with Gasteiger partial charge in [0.15, 0.2) is 0 Å². The molecular weight excluding hydrogens is 416 g/mol. The Bertz CT molecular complexity index is 995. The van der Waals surface area contributed by atoms with Gasteiger partial charge in [-0.15, -0.1) is 0 Å². The van der Waals surface area contributed by atoms with Crippen LogP contribution in [-0.2, 0) is 26.0 Å². The van der Waals surface area contributed by atoms with Crippen LogP contribution in [0.3, 0.4) is 0 Å². The molecule has 1 saturated heterocycles. The van der Waals surface area contributed by atoms with Crippen LogP contribution in [0.1, 0.15) is 40.7 Å². The van der Waals surface area contributed by atoms with Crippen LogP contribution >= 0.6 is 0 Å². The van der Waals surface area contributed by atoms with E-state index in [-0.39, 0.29) is 29.5 Å². The number of hydrogen-bond donors (Lipinski definition) is 1. The number of nitrogens with zero attached hydrogens (tertiary/aromatic N) is 1. The average Bonchev–Trinajstić information content (AvgIpc) is 3.32. The summed E-state index contributed by atoms with van der Waals surface area (Å²) in [5.74, 6) is -0.660. The monoisotopic (exact) mass is 444 g/mol. The molecule has 166 valence electrons. The number of rotatable bonds is 9. The van der Waals surface area contributed by atoms with Gasteiger partial charge >= 0.3 is 5.97 Å². The minimum atomic E-state index is -3.51. The van der Waals surface area contributed by atoms with Crippen LogP contribution < -0.4 is 5.32 Å². The Morgan fingerprint density at radius 2 is 1.65 bits per heavy atom. The van der Waals surface area contributed by atoms with Crippen molar-refractivity contribution in [1.29, 1.82) is 0 Å². The fraction of sp³-hybridized carbons (Fsp3) is 0.391. The fourth-order valence-corrected chi connectivity index (χ4v) is 4.88. The summed E-state index contributed by atoms with van der Waals surface area (Å²) in [5, 5.41) is 2.73. The first-order valence-corrected chi connectivity index (χ1v) is 11.9. The number of carbonyl (C=O) groups is 2. The van der Waals surface area contributed by atoms with Gasteiger partial charge in [0.25, 0.3) is 0 Å². The van der Waals surface area contributed by atoms with Crippen LogP contribution in [-0.4, -0.2) is 50.8 Å². The number of benzene rings is 2. The number of amides is 1. The Morgan fingerprint density at radius 3 is 2.29 bits per heavy atom. The third-order valence-electron chi connectivity index (χ3n) is 5.21. The number of hydrogen-bond acceptors (Lipinski definition) is 5. The van der Waals surface area contributed by atoms with Gasteiger partial charge < -0.3 is 10.1 Å². The Morgan fingerprint density at radius 1 is 1.00 bits per heavy atom. The highest BCUT2D eigenvalue weighted by molar-refractivity contribution is 7.89. The van der Waals surface area contributed by atoms with Crippen LogP contribution in [0.5, 0.6) is 0 Å². The zero-order valence-corrected chi connectivity index (χ0v) is 18.5. The quantitative estimate of drug-likeness (QED) is 0.474. The molecule has 1 aliphatic heterocycles. The minimum Gasteiger partial charge on any atom is -0.460 e. The number of carbonyl (C=O) groups excluding carboxylic acids is 2. The predicted molar refractivity (Wildman–Crippen MR) is 117 cm³/mol. The molecule has 3 rings (SSSR count). The van der Waals surface area contributed by atoms with Crippen LogP contribution in [0.15, 0.2) is 53.4 Å². The molecule has 1 fully saturated rings. The molecule has 1 amide bonds. The Balaban J connectivity index is 1.39. The normalized spacial score (nSPS) is 14.4. The molecule has 0 saturated carbocycles. The van der Waals surface area contributed by atoms with Gasteiger partial charge in [0.2, 0.25) is 15.9 Å². The zero-order chi connectivity index (χ0) is 22.3. The van der Waals surface area contributed by atoms with Gasteiger partial charge in [-0.05, 0) is 56.0 Å². The molecule has 2 aromatic rings. The van der Waals surface area contributed by atoms with Crippen molar-refractivity contribution in [2.75, 3.05) is 26.2 Å². The average molecular weight is 445 g/mol. The van der Waals surface area contributed by atoms with Crippen LogP contribution in [0, 0.1) is 6.92 Å². The van der Waals surface area contributed by atoms with E-state index in [4.69, 9.17) is 4.74 Å². The minimum absolute atomic E-state index is 0.0446. The summed E-state index contributed by atoms with van der Waals surface area (Å²) in [6.07, 6.45) is 2.75. The van der Waals surface area contributed by atoms with Gasteiger partial charge in [0.05, 0.1) is 17.0 Å². The second kappa shape index (κ2) is 10.5. The van der Waals surface area contributed by atoms with E-state index in [1.807, 2.05) is 31.2 Å². The molecule has 0 bridgehead atoms. The van der Waals surface area contributed by atoms with Crippen molar-refractivity contribution < 1.29 is 22.7 Å². The first-order valence-electron chi connectivity index (χ1n) is 10.5. The lowest BCUT2D eigenvalue weighted by molar-refractivity contribution is -0.121. The van der Waals surface area contributed by atoms with Crippen molar-refractivity contribution in [2.45, 2.75) is 37.5 Å². The standard InChI is InChI=1S/C23H28N2O5S/c1-18-4-6-19(7-5-18)8-13-22(26)24-14-17-30-23(27)20-9-11-21(12-10-20)31(28,29)25-15-2-3-16-25/h4-7,9-12H,2-3,8,13-17H2,1H3,(H,24,26). The number of esters is 1. The smallest absolute Gasteiger partial charge is 0.338 e. The lowest BCUT2D eigenvalue weighted by Crippen LogP contribution is -2.28. The van der Waals surface area contributed by atoms with Gasteiger partial charge in [0.1, 0.15) is 6.61 Å². The second-order valence-corrected chi connectivity index (χ2v) is 9.54. The number of ether oxygens (including phenoxy) is 1. The van der Waals surface area contributed by atoms with Crippen molar-refractivity contribution in [3.05, 3.63) is 65.2 Å². The second-order valence-electron chi connectivity index (χ2n) is 7.61. The molecular formula is C23H28N2O5S. The summed E-state index contributed by atoms with van der Waals surface area (Å²) in [5.41, 5.74) is 2.55. The van der Waals surface area contributed by atoms with Gasteiger partial charge in [-0.25, -0.2) is 13.2 Å². The van der Waals surface area contributed by atoms with Gasteiger partial charge in [-0.1, -0.05) is 29.8 Å². The van der Waals surface area contributed by atoms with Crippen molar-refractivity contribution in [1.82, 2.24) is 9.62 Å². The zero-order valence-electron chi connectivity index (χ0n) is 17.7.